The van der Waals surface area contributed by atoms with Gasteiger partial charge in [-0.05, 0) is 57.9 Å². The van der Waals surface area contributed by atoms with Crippen LogP contribution in [0.3, 0.4) is 0 Å². The minimum Gasteiger partial charge on any atom is -0.455 e. The van der Waals surface area contributed by atoms with Gasteiger partial charge in [-0.15, -0.1) is 0 Å². The van der Waals surface area contributed by atoms with Crippen molar-refractivity contribution in [2.24, 2.45) is 0 Å². The number of unbranched alkanes of at least 4 members (excludes halogenated alkanes) is 12. The molecule has 1 fully saturated rings. The topological polar surface area (TPSA) is 116 Å². The largest absolute Gasteiger partial charge is 0.455 e. The van der Waals surface area contributed by atoms with E-state index in [2.05, 4.69) is 0 Å². The average Bonchev–Trinajstić information content (AvgIpc) is 3.56. The molecule has 2 aliphatic rings. The van der Waals surface area contributed by atoms with Gasteiger partial charge in [-0.1, -0.05) is 103 Å². The molecule has 0 aliphatic carbocycles. The number of hydrogen-bond donors (Lipinski definition) is 4. The molecule has 0 aromatic carbocycles. The molecule has 2 rings (SSSR count). The van der Waals surface area contributed by atoms with Crippen LogP contribution in [0, 0.1) is 0 Å². The van der Waals surface area contributed by atoms with Gasteiger partial charge in [-0.25, -0.2) is 4.79 Å². The van der Waals surface area contributed by atoms with Gasteiger partial charge >= 0.3 is 5.97 Å². The molecule has 0 aromatic heterocycles. The molecule has 0 saturated carbocycles. The summed E-state index contributed by atoms with van der Waals surface area (Å²) in [6.07, 6.45) is 23.5. The van der Waals surface area contributed by atoms with Crippen LogP contribution >= 0.6 is 0 Å². The maximum Gasteiger partial charge on any atom is 0.334 e. The molecule has 0 spiro atoms. The van der Waals surface area contributed by atoms with Crippen molar-refractivity contribution in [1.82, 2.24) is 0 Å². The van der Waals surface area contributed by atoms with Gasteiger partial charge < -0.3 is 29.9 Å². The monoisotopic (exact) mass is 596 g/mol. The first-order chi connectivity index (χ1) is 20.3. The Bertz CT molecular complexity index is 726. The lowest BCUT2D eigenvalue weighted by atomic mass is 10.00. The van der Waals surface area contributed by atoms with Crippen LogP contribution in [0.5, 0.6) is 0 Å². The van der Waals surface area contributed by atoms with Gasteiger partial charge in [-0.2, -0.15) is 0 Å². The summed E-state index contributed by atoms with van der Waals surface area (Å²) < 4.78 is 11.3. The highest BCUT2D eigenvalue weighted by molar-refractivity contribution is 5.90. The van der Waals surface area contributed by atoms with Crippen LogP contribution in [-0.4, -0.2) is 69.1 Å². The SMILES string of the molecule is CCCC(O)C(O)CCCCCCCCC(O)C1CCC(CCCCCCCCCCC(O)CC2=CC(C)OC2=O)O1. The van der Waals surface area contributed by atoms with Gasteiger partial charge in [0.05, 0.1) is 36.6 Å². The summed E-state index contributed by atoms with van der Waals surface area (Å²) in [4.78, 5) is 11.6. The van der Waals surface area contributed by atoms with Crippen LogP contribution < -0.4 is 0 Å². The van der Waals surface area contributed by atoms with Crippen molar-refractivity contribution >= 4 is 5.97 Å². The lowest BCUT2D eigenvalue weighted by Crippen LogP contribution is -2.26. The van der Waals surface area contributed by atoms with E-state index in [9.17, 15) is 25.2 Å². The Morgan fingerprint density at radius 2 is 1.29 bits per heavy atom. The molecule has 0 aromatic rings. The molecule has 7 nitrogen and oxygen atoms in total. The molecule has 0 bridgehead atoms. The molecule has 7 atom stereocenters. The highest BCUT2D eigenvalue weighted by Crippen LogP contribution is 2.28. The molecule has 7 unspecified atom stereocenters. The fraction of sp³-hybridized carbons (Fsp3) is 0.914. The highest BCUT2D eigenvalue weighted by atomic mass is 16.5. The van der Waals surface area contributed by atoms with Gasteiger partial charge in [-0.3, -0.25) is 0 Å². The zero-order valence-corrected chi connectivity index (χ0v) is 26.9. The van der Waals surface area contributed by atoms with E-state index in [1.807, 2.05) is 19.9 Å². The first-order valence-corrected chi connectivity index (χ1v) is 17.6. The molecule has 0 radical (unpaired) electrons. The summed E-state index contributed by atoms with van der Waals surface area (Å²) in [6.45, 7) is 3.86. The van der Waals surface area contributed by atoms with Gasteiger partial charge in [0.25, 0.3) is 0 Å². The van der Waals surface area contributed by atoms with Crippen LogP contribution in [-0.2, 0) is 14.3 Å². The van der Waals surface area contributed by atoms with Crippen LogP contribution in [0.2, 0.25) is 0 Å². The molecule has 246 valence electrons. The minimum absolute atomic E-state index is 0.0110. The molecular weight excluding hydrogens is 532 g/mol. The van der Waals surface area contributed by atoms with E-state index in [0.717, 1.165) is 89.9 Å². The third kappa shape index (κ3) is 16.2. The summed E-state index contributed by atoms with van der Waals surface area (Å²) in [5.74, 6) is -0.276. The average molecular weight is 597 g/mol. The fourth-order valence-corrected chi connectivity index (χ4v) is 6.46. The Morgan fingerprint density at radius 1 is 0.738 bits per heavy atom. The summed E-state index contributed by atoms with van der Waals surface area (Å²) in [6, 6.07) is 0. The first kappa shape index (κ1) is 37.2. The third-order valence-corrected chi connectivity index (χ3v) is 9.11. The van der Waals surface area contributed by atoms with E-state index < -0.39 is 18.3 Å². The van der Waals surface area contributed by atoms with Crippen LogP contribution in [0.4, 0.5) is 0 Å². The van der Waals surface area contributed by atoms with E-state index >= 15 is 0 Å². The number of esters is 1. The second kappa shape index (κ2) is 22.5. The lowest BCUT2D eigenvalue weighted by molar-refractivity contribution is -0.139. The zero-order chi connectivity index (χ0) is 30.6. The van der Waals surface area contributed by atoms with Crippen molar-refractivity contribution < 1.29 is 34.7 Å². The molecule has 42 heavy (non-hydrogen) atoms. The number of carbonyl (C=O) groups excluding carboxylic acids is 1. The van der Waals surface area contributed by atoms with Crippen LogP contribution in [0.15, 0.2) is 11.6 Å². The molecule has 7 heteroatoms. The standard InChI is InChI=1S/C35H64O7/c1-3-18-31(37)32(38)21-16-12-8-9-13-17-22-33(39)34-24-23-30(42-34)20-15-11-7-5-4-6-10-14-19-29(36)26-28-25-27(2)41-35(28)40/h25,27,29-34,36-39H,3-24,26H2,1-2H3. The third-order valence-electron chi connectivity index (χ3n) is 9.11. The van der Waals surface area contributed by atoms with E-state index in [-0.39, 0.29) is 24.3 Å². The normalized spacial score (nSPS) is 23.5. The number of hydrogen-bond acceptors (Lipinski definition) is 7. The Balaban J connectivity index is 1.35. The van der Waals surface area contributed by atoms with E-state index in [0.29, 0.717) is 30.9 Å². The zero-order valence-electron chi connectivity index (χ0n) is 26.9. The molecule has 1 saturated heterocycles. The van der Waals surface area contributed by atoms with Gasteiger partial charge in [0, 0.05) is 12.0 Å². The maximum absolute atomic E-state index is 11.6. The molecule has 2 aliphatic heterocycles. The molecule has 2 heterocycles. The number of carbonyl (C=O) groups is 1. The van der Waals surface area contributed by atoms with E-state index in [1.165, 1.54) is 38.5 Å². The van der Waals surface area contributed by atoms with Crippen molar-refractivity contribution in [2.75, 3.05) is 0 Å². The summed E-state index contributed by atoms with van der Waals surface area (Å²) in [5, 5.41) is 40.5. The highest BCUT2D eigenvalue weighted by Gasteiger charge is 2.30. The predicted molar refractivity (Wildman–Crippen MR) is 168 cm³/mol. The number of rotatable bonds is 26. The molecule has 0 amide bonds. The Labute approximate surface area is 256 Å². The molecular formula is C35H64O7. The van der Waals surface area contributed by atoms with Crippen molar-refractivity contribution in [2.45, 2.75) is 204 Å². The summed E-state index contributed by atoms with van der Waals surface area (Å²) in [5.41, 5.74) is 0.623. The van der Waals surface area contributed by atoms with Crippen molar-refractivity contribution in [1.29, 1.82) is 0 Å². The van der Waals surface area contributed by atoms with Gasteiger partial charge in [0.1, 0.15) is 6.10 Å². The summed E-state index contributed by atoms with van der Waals surface area (Å²) in [7, 11) is 0. The lowest BCUT2D eigenvalue weighted by Gasteiger charge is -2.19. The Morgan fingerprint density at radius 3 is 1.88 bits per heavy atom. The van der Waals surface area contributed by atoms with Crippen LogP contribution in [0.25, 0.3) is 0 Å². The maximum atomic E-state index is 11.6. The Hall–Kier alpha value is -0.990. The van der Waals surface area contributed by atoms with E-state index in [1.54, 1.807) is 0 Å². The van der Waals surface area contributed by atoms with Crippen molar-refractivity contribution in [3.8, 4) is 0 Å². The summed E-state index contributed by atoms with van der Waals surface area (Å²) >= 11 is 0. The second-order valence-electron chi connectivity index (χ2n) is 13.1. The number of aliphatic hydroxyl groups is 4. The van der Waals surface area contributed by atoms with Crippen molar-refractivity contribution in [3.63, 3.8) is 0 Å². The minimum atomic E-state index is -0.579. The van der Waals surface area contributed by atoms with Crippen molar-refractivity contribution in [3.05, 3.63) is 11.6 Å². The number of cyclic esters (lactones) is 1. The van der Waals surface area contributed by atoms with Gasteiger partial charge in [0.15, 0.2) is 0 Å². The predicted octanol–water partition coefficient (Wildman–Crippen LogP) is 7.06. The quantitative estimate of drug-likeness (QED) is 0.0624. The first-order valence-electron chi connectivity index (χ1n) is 17.6. The smallest absolute Gasteiger partial charge is 0.334 e. The van der Waals surface area contributed by atoms with E-state index in [4.69, 9.17) is 9.47 Å². The Kier molecular flexibility index (Phi) is 19.9. The molecule has 4 N–H and O–H groups in total. The van der Waals surface area contributed by atoms with Crippen LogP contribution in [0.1, 0.15) is 162 Å². The second-order valence-corrected chi connectivity index (χ2v) is 13.1. The number of aliphatic hydroxyl groups excluding tert-OH is 4. The fourth-order valence-electron chi connectivity index (χ4n) is 6.46. The number of ether oxygens (including phenoxy) is 2. The van der Waals surface area contributed by atoms with Gasteiger partial charge in [0.2, 0.25) is 0 Å².